The predicted octanol–water partition coefficient (Wildman–Crippen LogP) is 3.72. The minimum Gasteiger partial charge on any atom is -0.497 e. The van der Waals surface area contributed by atoms with Crippen LogP contribution < -0.4 is 10.1 Å². The summed E-state index contributed by atoms with van der Waals surface area (Å²) in [5.41, 5.74) is 3.42. The summed E-state index contributed by atoms with van der Waals surface area (Å²) in [4.78, 5) is 11.6. The predicted molar refractivity (Wildman–Crippen MR) is 96.2 cm³/mol. The highest BCUT2D eigenvalue weighted by Gasteiger charge is 2.11. The van der Waals surface area contributed by atoms with E-state index >= 15 is 0 Å². The van der Waals surface area contributed by atoms with Gasteiger partial charge in [-0.2, -0.15) is 0 Å². The molecule has 0 aliphatic rings. The van der Waals surface area contributed by atoms with Crippen molar-refractivity contribution in [2.45, 2.75) is 26.4 Å². The largest absolute Gasteiger partial charge is 0.497 e. The van der Waals surface area contributed by atoms with Gasteiger partial charge in [-0.05, 0) is 23.8 Å². The molecule has 1 N–H and O–H groups in total. The number of rotatable bonds is 6. The number of nitrogens with zero attached hydrogens (tertiary/aromatic N) is 1. The number of amides is 1. The smallest absolute Gasteiger partial charge is 0.220 e. The van der Waals surface area contributed by atoms with Gasteiger partial charge in [0.25, 0.3) is 0 Å². The van der Waals surface area contributed by atoms with Gasteiger partial charge in [-0.25, -0.2) is 0 Å². The van der Waals surface area contributed by atoms with Crippen molar-refractivity contribution in [3.63, 3.8) is 0 Å². The van der Waals surface area contributed by atoms with Crippen molar-refractivity contribution in [2.75, 3.05) is 7.11 Å². The van der Waals surface area contributed by atoms with Gasteiger partial charge in [0.2, 0.25) is 5.91 Å². The van der Waals surface area contributed by atoms with E-state index < -0.39 is 0 Å². The van der Waals surface area contributed by atoms with E-state index in [0.29, 0.717) is 13.0 Å². The number of hydrogen-bond donors (Lipinski definition) is 1. The highest BCUT2D eigenvalue weighted by molar-refractivity contribution is 5.83. The van der Waals surface area contributed by atoms with Crippen LogP contribution in [0.1, 0.15) is 24.6 Å². The van der Waals surface area contributed by atoms with Crippen LogP contribution in [-0.4, -0.2) is 17.6 Å². The third-order valence-electron chi connectivity index (χ3n) is 4.17. The summed E-state index contributed by atoms with van der Waals surface area (Å²) in [6, 6.07) is 18.5. The Morgan fingerprint density at radius 1 is 1.12 bits per heavy atom. The summed E-state index contributed by atoms with van der Waals surface area (Å²) in [6.07, 6.45) is 0.493. The number of methoxy groups -OCH3 is 1. The van der Waals surface area contributed by atoms with Gasteiger partial charge in [-0.15, -0.1) is 0 Å². The maximum Gasteiger partial charge on any atom is 0.220 e. The summed E-state index contributed by atoms with van der Waals surface area (Å²) in [7, 11) is 1.67. The van der Waals surface area contributed by atoms with Crippen LogP contribution in [0, 0.1) is 0 Å². The normalized spacial score (nSPS) is 10.8. The highest BCUT2D eigenvalue weighted by Crippen LogP contribution is 2.25. The van der Waals surface area contributed by atoms with Crippen molar-refractivity contribution in [2.24, 2.45) is 0 Å². The maximum atomic E-state index is 11.6. The van der Waals surface area contributed by atoms with Crippen LogP contribution in [0.3, 0.4) is 0 Å². The van der Waals surface area contributed by atoms with Gasteiger partial charge in [0.1, 0.15) is 5.75 Å². The molecule has 1 heterocycles. The van der Waals surface area contributed by atoms with Crippen molar-refractivity contribution in [1.82, 2.24) is 9.88 Å². The van der Waals surface area contributed by atoms with Gasteiger partial charge in [0.05, 0.1) is 19.2 Å². The van der Waals surface area contributed by atoms with E-state index in [1.54, 1.807) is 7.11 Å². The average molecular weight is 322 g/mol. The summed E-state index contributed by atoms with van der Waals surface area (Å²) in [6.45, 7) is 3.14. The molecular formula is C20H22N2O2. The second kappa shape index (κ2) is 7.21. The maximum absolute atomic E-state index is 11.6. The fourth-order valence-electron chi connectivity index (χ4n) is 2.83. The standard InChI is InChI=1S/C20H22N2O2/c1-3-20(23)21-13-17-11-16-9-10-18(24-2)12-19(16)22(17)14-15-7-5-4-6-8-15/h4-12H,3,13-14H2,1-2H3,(H,21,23). The van der Waals surface area contributed by atoms with Crippen LogP contribution in [-0.2, 0) is 17.9 Å². The van der Waals surface area contributed by atoms with Crippen LogP contribution in [0.15, 0.2) is 54.6 Å². The Kier molecular flexibility index (Phi) is 4.85. The number of fused-ring (bicyclic) bond motifs is 1. The molecule has 1 aromatic heterocycles. The van der Waals surface area contributed by atoms with Crippen molar-refractivity contribution < 1.29 is 9.53 Å². The van der Waals surface area contributed by atoms with Crippen molar-refractivity contribution in [1.29, 1.82) is 0 Å². The van der Waals surface area contributed by atoms with Crippen molar-refractivity contribution >= 4 is 16.8 Å². The van der Waals surface area contributed by atoms with Crippen LogP contribution in [0.2, 0.25) is 0 Å². The highest BCUT2D eigenvalue weighted by atomic mass is 16.5. The van der Waals surface area contributed by atoms with E-state index in [-0.39, 0.29) is 5.91 Å². The summed E-state index contributed by atoms with van der Waals surface area (Å²) in [5.74, 6) is 0.892. The van der Waals surface area contributed by atoms with E-state index in [0.717, 1.165) is 28.9 Å². The number of aromatic nitrogens is 1. The molecule has 0 saturated carbocycles. The number of carbonyl (C=O) groups is 1. The molecule has 0 radical (unpaired) electrons. The fourth-order valence-corrected chi connectivity index (χ4v) is 2.83. The zero-order valence-corrected chi connectivity index (χ0v) is 14.1. The Hall–Kier alpha value is -2.75. The molecule has 0 bridgehead atoms. The quantitative estimate of drug-likeness (QED) is 0.751. The summed E-state index contributed by atoms with van der Waals surface area (Å²) >= 11 is 0. The van der Waals surface area contributed by atoms with E-state index in [1.165, 1.54) is 5.56 Å². The lowest BCUT2D eigenvalue weighted by Gasteiger charge is -2.12. The summed E-state index contributed by atoms with van der Waals surface area (Å²) in [5, 5.41) is 4.12. The molecule has 0 atom stereocenters. The molecule has 0 spiro atoms. The third kappa shape index (κ3) is 3.43. The van der Waals surface area contributed by atoms with Crippen LogP contribution in [0.5, 0.6) is 5.75 Å². The number of ether oxygens (including phenoxy) is 1. The van der Waals surface area contributed by atoms with E-state index in [2.05, 4.69) is 34.1 Å². The Labute approximate surface area is 142 Å². The van der Waals surface area contributed by atoms with Gasteiger partial charge in [-0.1, -0.05) is 37.3 Å². The molecule has 4 heteroatoms. The molecule has 4 nitrogen and oxygen atoms in total. The monoisotopic (exact) mass is 322 g/mol. The van der Waals surface area contributed by atoms with E-state index in [1.807, 2.05) is 37.3 Å². The third-order valence-corrected chi connectivity index (χ3v) is 4.17. The first-order chi connectivity index (χ1) is 11.7. The average Bonchev–Trinajstić information content (AvgIpc) is 2.97. The SMILES string of the molecule is CCC(=O)NCc1cc2ccc(OC)cc2n1Cc1ccccc1. The second-order valence-electron chi connectivity index (χ2n) is 5.76. The Balaban J connectivity index is 2.01. The first-order valence-electron chi connectivity index (χ1n) is 8.18. The van der Waals surface area contributed by atoms with Gasteiger partial charge >= 0.3 is 0 Å². The zero-order valence-electron chi connectivity index (χ0n) is 14.1. The van der Waals surface area contributed by atoms with Gasteiger partial charge in [0, 0.05) is 30.1 Å². The Morgan fingerprint density at radius 2 is 1.92 bits per heavy atom. The molecular weight excluding hydrogens is 300 g/mol. The van der Waals surface area contributed by atoms with Gasteiger partial charge in [0.15, 0.2) is 0 Å². The molecule has 0 unspecified atom stereocenters. The number of nitrogens with one attached hydrogen (secondary N) is 1. The van der Waals surface area contributed by atoms with Crippen LogP contribution >= 0.6 is 0 Å². The minimum absolute atomic E-state index is 0.0593. The Morgan fingerprint density at radius 3 is 2.62 bits per heavy atom. The molecule has 124 valence electrons. The topological polar surface area (TPSA) is 43.3 Å². The van der Waals surface area contributed by atoms with Crippen LogP contribution in [0.4, 0.5) is 0 Å². The van der Waals surface area contributed by atoms with Gasteiger partial charge < -0.3 is 14.6 Å². The fraction of sp³-hybridized carbons (Fsp3) is 0.250. The van der Waals surface area contributed by atoms with E-state index in [4.69, 9.17) is 4.74 Å². The first kappa shape index (κ1) is 16.1. The molecule has 3 rings (SSSR count). The molecule has 0 saturated heterocycles. The van der Waals surface area contributed by atoms with E-state index in [9.17, 15) is 4.79 Å². The zero-order chi connectivity index (χ0) is 16.9. The molecule has 2 aromatic carbocycles. The lowest BCUT2D eigenvalue weighted by Crippen LogP contribution is -2.23. The molecule has 3 aromatic rings. The minimum atomic E-state index is 0.0593. The van der Waals surface area contributed by atoms with Gasteiger partial charge in [-0.3, -0.25) is 4.79 Å². The second-order valence-corrected chi connectivity index (χ2v) is 5.76. The summed E-state index contributed by atoms with van der Waals surface area (Å²) < 4.78 is 7.61. The number of hydrogen-bond acceptors (Lipinski definition) is 2. The lowest BCUT2D eigenvalue weighted by atomic mass is 10.2. The first-order valence-corrected chi connectivity index (χ1v) is 8.18. The molecule has 0 fully saturated rings. The van der Waals surface area contributed by atoms with Crippen molar-refractivity contribution in [3.05, 3.63) is 65.9 Å². The van der Waals surface area contributed by atoms with Crippen LogP contribution in [0.25, 0.3) is 10.9 Å². The molecule has 0 aliphatic heterocycles. The molecule has 24 heavy (non-hydrogen) atoms. The molecule has 0 aliphatic carbocycles. The number of carbonyl (C=O) groups excluding carboxylic acids is 1. The van der Waals surface area contributed by atoms with Crippen molar-refractivity contribution in [3.8, 4) is 5.75 Å². The lowest BCUT2D eigenvalue weighted by molar-refractivity contribution is -0.120. The Bertz CT molecular complexity index is 837. The number of benzene rings is 2. The molecule has 1 amide bonds.